The van der Waals surface area contributed by atoms with Gasteiger partial charge in [0.05, 0.1) is 17.3 Å². The third-order valence-corrected chi connectivity index (χ3v) is 6.71. The van der Waals surface area contributed by atoms with Crippen LogP contribution in [-0.2, 0) is 4.79 Å². The van der Waals surface area contributed by atoms with Crippen LogP contribution in [0.15, 0.2) is 97.1 Å². The number of aromatic nitrogens is 1. The van der Waals surface area contributed by atoms with Crippen LogP contribution >= 0.6 is 0 Å². The van der Waals surface area contributed by atoms with Crippen LogP contribution in [-0.4, -0.2) is 42.0 Å². The summed E-state index contributed by atoms with van der Waals surface area (Å²) in [4.78, 5) is 20.6. The van der Waals surface area contributed by atoms with Gasteiger partial charge in [0.1, 0.15) is 12.4 Å². The van der Waals surface area contributed by atoms with Crippen molar-refractivity contribution in [2.45, 2.75) is 18.9 Å². The van der Waals surface area contributed by atoms with E-state index in [4.69, 9.17) is 9.72 Å². The molecule has 1 unspecified atom stereocenters. The van der Waals surface area contributed by atoms with E-state index < -0.39 is 0 Å². The second-order valence-corrected chi connectivity index (χ2v) is 9.06. The van der Waals surface area contributed by atoms with Gasteiger partial charge in [0, 0.05) is 17.8 Å². The average molecular weight is 466 g/mol. The molecule has 4 aromatic rings. The van der Waals surface area contributed by atoms with Crippen molar-refractivity contribution < 1.29 is 9.53 Å². The Kier molecular flexibility index (Phi) is 7.35. The summed E-state index contributed by atoms with van der Waals surface area (Å²) >= 11 is 0. The fraction of sp³-hybridized carbons (Fsp3) is 0.267. The number of nitrogens with zero attached hydrogens (tertiary/aromatic N) is 2. The Labute approximate surface area is 206 Å². The number of hydrogen-bond acceptors (Lipinski definition) is 4. The van der Waals surface area contributed by atoms with E-state index in [9.17, 15) is 4.79 Å². The van der Waals surface area contributed by atoms with Crippen molar-refractivity contribution in [1.82, 2.24) is 15.2 Å². The smallest absolute Gasteiger partial charge is 0.224 e. The highest BCUT2D eigenvalue weighted by molar-refractivity contribution is 5.81. The first-order chi connectivity index (χ1) is 17.3. The van der Waals surface area contributed by atoms with Gasteiger partial charge in [0.25, 0.3) is 0 Å². The molecule has 1 aliphatic rings. The van der Waals surface area contributed by atoms with E-state index in [-0.39, 0.29) is 17.9 Å². The number of piperidine rings is 1. The molecule has 2 heterocycles. The molecule has 5 heteroatoms. The van der Waals surface area contributed by atoms with E-state index in [1.54, 1.807) is 0 Å². The number of likely N-dealkylation sites (tertiary alicyclic amines) is 1. The SMILES string of the molecule is O=C(NC(c1ccccc1)c1ccc2ccccc2n1)C1CCN(CCOc2ccccc2)CC1. The number of carbonyl (C=O) groups is 1. The maximum absolute atomic E-state index is 13.3. The first-order valence-corrected chi connectivity index (χ1v) is 12.4. The van der Waals surface area contributed by atoms with E-state index in [0.29, 0.717) is 6.61 Å². The van der Waals surface area contributed by atoms with Gasteiger partial charge in [-0.3, -0.25) is 14.7 Å². The van der Waals surface area contributed by atoms with Crippen molar-refractivity contribution in [2.24, 2.45) is 5.92 Å². The topological polar surface area (TPSA) is 54.5 Å². The summed E-state index contributed by atoms with van der Waals surface area (Å²) in [5.41, 5.74) is 2.84. The summed E-state index contributed by atoms with van der Waals surface area (Å²) in [5.74, 6) is 1.01. The van der Waals surface area contributed by atoms with Gasteiger partial charge in [0.2, 0.25) is 5.91 Å². The molecule has 178 valence electrons. The number of carbonyl (C=O) groups excluding carboxylic acids is 1. The lowest BCUT2D eigenvalue weighted by Crippen LogP contribution is -2.42. The first-order valence-electron chi connectivity index (χ1n) is 12.4. The Morgan fingerprint density at radius 2 is 1.57 bits per heavy atom. The zero-order valence-electron chi connectivity index (χ0n) is 19.8. The Bertz CT molecular complexity index is 1240. The lowest BCUT2D eigenvalue weighted by molar-refractivity contribution is -0.127. The third-order valence-electron chi connectivity index (χ3n) is 6.71. The number of hydrogen-bond donors (Lipinski definition) is 1. The van der Waals surface area contributed by atoms with E-state index in [1.165, 1.54) is 0 Å². The van der Waals surface area contributed by atoms with Gasteiger partial charge in [-0.25, -0.2) is 0 Å². The van der Waals surface area contributed by atoms with Crippen molar-refractivity contribution >= 4 is 16.8 Å². The molecule has 35 heavy (non-hydrogen) atoms. The summed E-state index contributed by atoms with van der Waals surface area (Å²) < 4.78 is 5.84. The average Bonchev–Trinajstić information content (AvgIpc) is 2.93. The van der Waals surface area contributed by atoms with Gasteiger partial charge >= 0.3 is 0 Å². The molecule has 1 amide bonds. The maximum Gasteiger partial charge on any atom is 0.224 e. The highest BCUT2D eigenvalue weighted by Crippen LogP contribution is 2.25. The summed E-state index contributed by atoms with van der Waals surface area (Å²) in [7, 11) is 0. The number of para-hydroxylation sites is 2. The first kappa shape index (κ1) is 23.1. The van der Waals surface area contributed by atoms with Gasteiger partial charge in [0.15, 0.2) is 0 Å². The molecule has 1 fully saturated rings. The molecule has 0 aliphatic carbocycles. The fourth-order valence-corrected chi connectivity index (χ4v) is 4.70. The molecular formula is C30H31N3O2. The molecule has 1 saturated heterocycles. The van der Waals surface area contributed by atoms with Crippen molar-refractivity contribution in [3.05, 3.63) is 108 Å². The van der Waals surface area contributed by atoms with Crippen LogP contribution in [0, 0.1) is 5.92 Å². The van der Waals surface area contributed by atoms with Crippen LogP contribution in [0.4, 0.5) is 0 Å². The zero-order chi connectivity index (χ0) is 23.9. The third kappa shape index (κ3) is 5.87. The molecule has 1 atom stereocenters. The summed E-state index contributed by atoms with van der Waals surface area (Å²) in [6, 6.07) is 31.9. The molecule has 1 N–H and O–H groups in total. The number of rotatable bonds is 8. The molecular weight excluding hydrogens is 434 g/mol. The van der Waals surface area contributed by atoms with E-state index >= 15 is 0 Å². The van der Waals surface area contributed by atoms with E-state index in [1.807, 2.05) is 72.8 Å². The molecule has 0 bridgehead atoms. The molecule has 3 aromatic carbocycles. The number of fused-ring (bicyclic) bond motifs is 1. The number of nitrogens with one attached hydrogen (secondary N) is 1. The predicted octanol–water partition coefficient (Wildman–Crippen LogP) is 5.23. The van der Waals surface area contributed by atoms with Gasteiger partial charge in [-0.1, -0.05) is 72.8 Å². The number of benzene rings is 3. The lowest BCUT2D eigenvalue weighted by Gasteiger charge is -2.32. The second kappa shape index (κ2) is 11.2. The molecule has 5 rings (SSSR count). The van der Waals surface area contributed by atoms with Crippen LogP contribution in [0.25, 0.3) is 10.9 Å². The van der Waals surface area contributed by atoms with Crippen LogP contribution < -0.4 is 10.1 Å². The summed E-state index contributed by atoms with van der Waals surface area (Å²) in [6.45, 7) is 3.34. The van der Waals surface area contributed by atoms with Crippen molar-refractivity contribution in [3.8, 4) is 5.75 Å². The van der Waals surface area contributed by atoms with E-state index in [0.717, 1.165) is 60.4 Å². The molecule has 1 aromatic heterocycles. The molecule has 1 aliphatic heterocycles. The van der Waals surface area contributed by atoms with Crippen molar-refractivity contribution in [2.75, 3.05) is 26.2 Å². The minimum absolute atomic E-state index is 0.00737. The minimum Gasteiger partial charge on any atom is -0.492 e. The highest BCUT2D eigenvalue weighted by Gasteiger charge is 2.28. The molecule has 5 nitrogen and oxygen atoms in total. The van der Waals surface area contributed by atoms with Crippen molar-refractivity contribution in [3.63, 3.8) is 0 Å². The molecule has 0 radical (unpaired) electrons. The monoisotopic (exact) mass is 465 g/mol. The molecule has 0 saturated carbocycles. The number of pyridine rings is 1. The van der Waals surface area contributed by atoms with Gasteiger partial charge in [-0.15, -0.1) is 0 Å². The Morgan fingerprint density at radius 3 is 2.34 bits per heavy atom. The van der Waals surface area contributed by atoms with Crippen LogP contribution in [0.5, 0.6) is 5.75 Å². The standard InChI is InChI=1S/C30H31N3O2/c34-30(25-17-19-33(20-18-25)21-22-35-26-12-5-2-6-13-26)32-29(24-10-3-1-4-11-24)28-16-15-23-9-7-8-14-27(23)31-28/h1-16,25,29H,17-22H2,(H,32,34). The van der Waals surface area contributed by atoms with Gasteiger partial charge < -0.3 is 10.1 Å². The quantitative estimate of drug-likeness (QED) is 0.387. The van der Waals surface area contributed by atoms with Gasteiger partial charge in [-0.2, -0.15) is 0 Å². The van der Waals surface area contributed by atoms with Crippen LogP contribution in [0.2, 0.25) is 0 Å². The Balaban J connectivity index is 1.21. The van der Waals surface area contributed by atoms with Crippen LogP contribution in [0.1, 0.15) is 30.1 Å². The maximum atomic E-state index is 13.3. The summed E-state index contributed by atoms with van der Waals surface area (Å²) in [5, 5.41) is 4.41. The number of amides is 1. The summed E-state index contributed by atoms with van der Waals surface area (Å²) in [6.07, 6.45) is 1.70. The van der Waals surface area contributed by atoms with Crippen molar-refractivity contribution in [1.29, 1.82) is 0 Å². The van der Waals surface area contributed by atoms with Gasteiger partial charge in [-0.05, 0) is 55.8 Å². The van der Waals surface area contributed by atoms with E-state index in [2.05, 4.69) is 34.5 Å². The molecule has 0 spiro atoms. The predicted molar refractivity (Wildman–Crippen MR) is 139 cm³/mol. The zero-order valence-corrected chi connectivity index (χ0v) is 19.8. The van der Waals surface area contributed by atoms with Crippen LogP contribution in [0.3, 0.4) is 0 Å². The number of ether oxygens (including phenoxy) is 1. The highest BCUT2D eigenvalue weighted by atomic mass is 16.5. The normalized spacial score (nSPS) is 15.5. The Morgan fingerprint density at radius 1 is 0.886 bits per heavy atom. The minimum atomic E-state index is -0.273. The second-order valence-electron chi connectivity index (χ2n) is 9.06. The fourth-order valence-electron chi connectivity index (χ4n) is 4.70. The largest absolute Gasteiger partial charge is 0.492 e. The Hall–Kier alpha value is -3.70. The lowest BCUT2D eigenvalue weighted by atomic mass is 9.94.